The summed E-state index contributed by atoms with van der Waals surface area (Å²) < 4.78 is 23.2. The summed E-state index contributed by atoms with van der Waals surface area (Å²) >= 11 is 0. The van der Waals surface area contributed by atoms with Gasteiger partial charge in [0, 0.05) is 31.4 Å². The van der Waals surface area contributed by atoms with E-state index in [9.17, 15) is 8.42 Å². The molecule has 1 aliphatic heterocycles. The Labute approximate surface area is 86.6 Å². The summed E-state index contributed by atoms with van der Waals surface area (Å²) in [5, 5.41) is 3.22. The van der Waals surface area contributed by atoms with E-state index >= 15 is 0 Å². The molecule has 1 N–H and O–H groups in total. The zero-order valence-electron chi connectivity index (χ0n) is 8.99. The van der Waals surface area contributed by atoms with Gasteiger partial charge in [-0.1, -0.05) is 6.92 Å². The number of nitrogens with zero attached hydrogens (tertiary/aromatic N) is 1. The maximum atomic E-state index is 11.6. The number of likely N-dealkylation sites (N-methyl/N-ethyl adjacent to an activating group) is 1. The van der Waals surface area contributed by atoms with Gasteiger partial charge in [-0.2, -0.15) is 0 Å². The monoisotopic (exact) mass is 220 g/mol. The van der Waals surface area contributed by atoms with Gasteiger partial charge >= 0.3 is 0 Å². The Balaban J connectivity index is 2.49. The Kier molecular flexibility index (Phi) is 4.34. The fourth-order valence-corrected chi connectivity index (χ4v) is 3.48. The van der Waals surface area contributed by atoms with Crippen LogP contribution in [0.3, 0.4) is 0 Å². The summed E-state index contributed by atoms with van der Waals surface area (Å²) in [4.78, 5) is 2.13. The quantitative estimate of drug-likeness (QED) is 0.707. The first-order valence-corrected chi connectivity index (χ1v) is 6.98. The van der Waals surface area contributed by atoms with Crippen LogP contribution < -0.4 is 5.32 Å². The first-order chi connectivity index (χ1) is 6.55. The van der Waals surface area contributed by atoms with Crippen molar-refractivity contribution in [3.8, 4) is 0 Å². The van der Waals surface area contributed by atoms with Crippen LogP contribution >= 0.6 is 0 Å². The predicted octanol–water partition coefficient (Wildman–Crippen LogP) is -0.285. The minimum Gasteiger partial charge on any atom is -0.314 e. The molecular weight excluding hydrogens is 200 g/mol. The zero-order chi connectivity index (χ0) is 10.6. The van der Waals surface area contributed by atoms with Crippen molar-refractivity contribution in [2.24, 2.45) is 0 Å². The molecule has 1 fully saturated rings. The summed E-state index contributed by atoms with van der Waals surface area (Å²) in [6.07, 6.45) is 0.714. The van der Waals surface area contributed by atoms with Gasteiger partial charge in [-0.05, 0) is 13.5 Å². The first kappa shape index (κ1) is 11.9. The number of piperazine rings is 1. The van der Waals surface area contributed by atoms with Crippen LogP contribution in [0.15, 0.2) is 0 Å². The molecular formula is C9H20N2O2S. The highest BCUT2D eigenvalue weighted by atomic mass is 32.2. The number of nitrogens with one attached hydrogen (secondary N) is 1. The van der Waals surface area contributed by atoms with Gasteiger partial charge in [0.25, 0.3) is 0 Å². The highest BCUT2D eigenvalue weighted by molar-refractivity contribution is 7.91. The Morgan fingerprint density at radius 2 is 2.21 bits per heavy atom. The molecule has 4 nitrogen and oxygen atoms in total. The molecule has 0 aromatic rings. The molecule has 1 saturated heterocycles. The van der Waals surface area contributed by atoms with Crippen molar-refractivity contribution < 1.29 is 8.42 Å². The molecule has 0 spiro atoms. The molecule has 1 heterocycles. The zero-order valence-corrected chi connectivity index (χ0v) is 9.81. The molecule has 0 saturated carbocycles. The fourth-order valence-electron chi connectivity index (χ4n) is 1.74. The van der Waals surface area contributed by atoms with Crippen molar-refractivity contribution in [1.82, 2.24) is 10.2 Å². The SMILES string of the molecule is CCCS(=O)(=O)CC1CNCCN1C. The second-order valence-electron chi connectivity index (χ2n) is 3.95. The van der Waals surface area contributed by atoms with Crippen LogP contribution in [-0.4, -0.2) is 57.5 Å². The molecule has 0 aliphatic carbocycles. The molecule has 5 heteroatoms. The molecule has 0 radical (unpaired) electrons. The summed E-state index contributed by atoms with van der Waals surface area (Å²) in [6.45, 7) is 4.59. The summed E-state index contributed by atoms with van der Waals surface area (Å²) in [6, 6.07) is 0.153. The standard InChI is InChI=1S/C9H20N2O2S/c1-3-6-14(12,13)8-9-7-10-4-5-11(9)2/h9-10H,3-8H2,1-2H3. The Morgan fingerprint density at radius 3 is 2.79 bits per heavy atom. The smallest absolute Gasteiger partial charge is 0.151 e. The molecule has 1 rings (SSSR count). The van der Waals surface area contributed by atoms with Gasteiger partial charge in [-0.15, -0.1) is 0 Å². The average Bonchev–Trinajstić information content (AvgIpc) is 2.08. The van der Waals surface area contributed by atoms with Crippen molar-refractivity contribution in [2.45, 2.75) is 19.4 Å². The van der Waals surface area contributed by atoms with Gasteiger partial charge in [0.15, 0.2) is 9.84 Å². The lowest BCUT2D eigenvalue weighted by Gasteiger charge is -2.32. The molecule has 1 unspecified atom stereocenters. The van der Waals surface area contributed by atoms with Gasteiger partial charge in [-0.25, -0.2) is 8.42 Å². The predicted molar refractivity (Wildman–Crippen MR) is 58.2 cm³/mol. The van der Waals surface area contributed by atoms with Crippen molar-refractivity contribution in [2.75, 3.05) is 38.2 Å². The highest BCUT2D eigenvalue weighted by Crippen LogP contribution is 2.05. The van der Waals surface area contributed by atoms with Crippen molar-refractivity contribution in [3.05, 3.63) is 0 Å². The lowest BCUT2D eigenvalue weighted by atomic mass is 10.2. The van der Waals surface area contributed by atoms with Gasteiger partial charge in [-0.3, -0.25) is 4.90 Å². The third-order valence-corrected chi connectivity index (χ3v) is 4.53. The molecule has 1 atom stereocenters. The van der Waals surface area contributed by atoms with Crippen LogP contribution in [0.2, 0.25) is 0 Å². The summed E-state index contributed by atoms with van der Waals surface area (Å²) in [7, 11) is -0.853. The van der Waals surface area contributed by atoms with Crippen LogP contribution in [0.25, 0.3) is 0 Å². The summed E-state index contributed by atoms with van der Waals surface area (Å²) in [5.41, 5.74) is 0. The van der Waals surface area contributed by atoms with Crippen LogP contribution in [0.5, 0.6) is 0 Å². The van der Waals surface area contributed by atoms with Gasteiger partial charge < -0.3 is 5.32 Å². The average molecular weight is 220 g/mol. The number of hydrogen-bond donors (Lipinski definition) is 1. The molecule has 14 heavy (non-hydrogen) atoms. The third-order valence-electron chi connectivity index (χ3n) is 2.61. The van der Waals surface area contributed by atoms with E-state index in [0.29, 0.717) is 17.9 Å². The van der Waals surface area contributed by atoms with Gasteiger partial charge in [0.1, 0.15) is 0 Å². The molecule has 0 amide bonds. The minimum atomic E-state index is -2.85. The van der Waals surface area contributed by atoms with Gasteiger partial charge in [0.2, 0.25) is 0 Å². The minimum absolute atomic E-state index is 0.153. The molecule has 84 valence electrons. The largest absolute Gasteiger partial charge is 0.314 e. The Hall–Kier alpha value is -0.130. The number of rotatable bonds is 4. The highest BCUT2D eigenvalue weighted by Gasteiger charge is 2.24. The third kappa shape index (κ3) is 3.55. The number of hydrogen-bond acceptors (Lipinski definition) is 4. The topological polar surface area (TPSA) is 49.4 Å². The lowest BCUT2D eigenvalue weighted by molar-refractivity contribution is 0.216. The summed E-state index contributed by atoms with van der Waals surface area (Å²) in [5.74, 6) is 0.613. The van der Waals surface area contributed by atoms with E-state index in [2.05, 4.69) is 10.2 Å². The number of sulfone groups is 1. The van der Waals surface area contributed by atoms with E-state index in [1.807, 2.05) is 14.0 Å². The molecule has 0 aromatic carbocycles. The molecule has 0 aromatic heterocycles. The fraction of sp³-hybridized carbons (Fsp3) is 1.00. The Bertz CT molecular complexity index is 264. The first-order valence-electron chi connectivity index (χ1n) is 5.16. The molecule has 0 bridgehead atoms. The van der Waals surface area contributed by atoms with E-state index in [-0.39, 0.29) is 6.04 Å². The van der Waals surface area contributed by atoms with Crippen molar-refractivity contribution in [3.63, 3.8) is 0 Å². The Morgan fingerprint density at radius 1 is 1.50 bits per heavy atom. The van der Waals surface area contributed by atoms with E-state index in [1.54, 1.807) is 0 Å². The maximum Gasteiger partial charge on any atom is 0.151 e. The lowest BCUT2D eigenvalue weighted by Crippen LogP contribution is -2.52. The van der Waals surface area contributed by atoms with Gasteiger partial charge in [0.05, 0.1) is 5.75 Å². The second-order valence-corrected chi connectivity index (χ2v) is 6.18. The van der Waals surface area contributed by atoms with E-state index in [0.717, 1.165) is 19.6 Å². The van der Waals surface area contributed by atoms with Crippen molar-refractivity contribution >= 4 is 9.84 Å². The maximum absolute atomic E-state index is 11.6. The normalized spacial score (nSPS) is 25.1. The van der Waals surface area contributed by atoms with Crippen LogP contribution in [0.4, 0.5) is 0 Å². The van der Waals surface area contributed by atoms with Crippen LogP contribution in [-0.2, 0) is 9.84 Å². The van der Waals surface area contributed by atoms with E-state index < -0.39 is 9.84 Å². The molecule has 1 aliphatic rings. The van der Waals surface area contributed by atoms with E-state index in [1.165, 1.54) is 0 Å². The van der Waals surface area contributed by atoms with Crippen LogP contribution in [0.1, 0.15) is 13.3 Å². The second kappa shape index (κ2) is 5.09. The van der Waals surface area contributed by atoms with Crippen molar-refractivity contribution in [1.29, 1.82) is 0 Å². The van der Waals surface area contributed by atoms with Crippen LogP contribution in [0, 0.1) is 0 Å². The van der Waals surface area contributed by atoms with E-state index in [4.69, 9.17) is 0 Å².